The molecule has 3 rings (SSSR count). The van der Waals surface area contributed by atoms with Crippen molar-refractivity contribution in [2.75, 3.05) is 12.4 Å². The summed E-state index contributed by atoms with van der Waals surface area (Å²) in [5, 5.41) is 9.73. The van der Waals surface area contributed by atoms with Crippen LogP contribution in [0, 0.1) is 0 Å². The number of benzene rings is 2. The molecule has 8 heteroatoms. The smallest absolute Gasteiger partial charge is 0.251 e. The third-order valence-corrected chi connectivity index (χ3v) is 4.32. The summed E-state index contributed by atoms with van der Waals surface area (Å²) in [4.78, 5) is 24.7. The second kappa shape index (κ2) is 10.3. The summed E-state index contributed by atoms with van der Waals surface area (Å²) in [5.74, 6) is 0.680. The quantitative estimate of drug-likeness (QED) is 0.552. The van der Waals surface area contributed by atoms with Crippen molar-refractivity contribution >= 4 is 17.5 Å². The van der Waals surface area contributed by atoms with Gasteiger partial charge in [-0.25, -0.2) is 0 Å². The number of aromatic nitrogens is 2. The fourth-order valence-electron chi connectivity index (χ4n) is 2.95. The van der Waals surface area contributed by atoms with Crippen LogP contribution in [0.25, 0.3) is 0 Å². The van der Waals surface area contributed by atoms with Gasteiger partial charge in [-0.05, 0) is 55.8 Å². The van der Waals surface area contributed by atoms with E-state index in [0.29, 0.717) is 29.3 Å². The zero-order valence-electron chi connectivity index (χ0n) is 17.8. The van der Waals surface area contributed by atoms with Crippen LogP contribution in [0.15, 0.2) is 60.9 Å². The summed E-state index contributed by atoms with van der Waals surface area (Å²) < 4.78 is 12.6. The number of nitrogens with zero attached hydrogens (tertiary/aromatic N) is 2. The van der Waals surface area contributed by atoms with Gasteiger partial charge in [0, 0.05) is 30.2 Å². The summed E-state index contributed by atoms with van der Waals surface area (Å²) >= 11 is 0. The molecule has 8 nitrogen and oxygen atoms in total. The van der Waals surface area contributed by atoms with Gasteiger partial charge in [-0.15, -0.1) is 0 Å². The molecular weight excluding hydrogens is 396 g/mol. The zero-order chi connectivity index (χ0) is 22.2. The number of amides is 2. The van der Waals surface area contributed by atoms with E-state index in [1.807, 2.05) is 32.0 Å². The highest BCUT2D eigenvalue weighted by molar-refractivity contribution is 5.95. The number of hydrogen-bond acceptors (Lipinski definition) is 5. The molecule has 0 radical (unpaired) electrons. The van der Waals surface area contributed by atoms with Crippen molar-refractivity contribution in [2.45, 2.75) is 33.0 Å². The molecule has 0 fully saturated rings. The van der Waals surface area contributed by atoms with Crippen molar-refractivity contribution in [1.82, 2.24) is 15.1 Å². The van der Waals surface area contributed by atoms with Crippen LogP contribution >= 0.6 is 0 Å². The van der Waals surface area contributed by atoms with E-state index in [9.17, 15) is 9.59 Å². The van der Waals surface area contributed by atoms with Crippen molar-refractivity contribution in [2.24, 2.45) is 0 Å². The first kappa shape index (κ1) is 21.9. The monoisotopic (exact) mass is 422 g/mol. The highest BCUT2D eigenvalue weighted by Gasteiger charge is 2.12. The minimum absolute atomic E-state index is 0.000822. The number of nitrogens with one attached hydrogen (secondary N) is 2. The third-order valence-electron chi connectivity index (χ3n) is 4.32. The molecule has 0 saturated heterocycles. The van der Waals surface area contributed by atoms with E-state index in [1.165, 1.54) is 7.11 Å². The Balaban J connectivity index is 1.59. The average molecular weight is 422 g/mol. The second-order valence-electron chi connectivity index (χ2n) is 7.17. The van der Waals surface area contributed by atoms with E-state index in [0.717, 1.165) is 5.56 Å². The number of carbonyl (C=O) groups is 2. The van der Waals surface area contributed by atoms with Gasteiger partial charge in [0.25, 0.3) is 5.91 Å². The maximum absolute atomic E-state index is 12.6. The largest absolute Gasteiger partial charge is 0.493 e. The standard InChI is InChI=1S/C23H26N4O4/c1-16(2)31-20-9-8-18(13-21(20)30-3)23(29)24-14-17-6-4-7-19(12-17)26-22(28)15-27-11-5-10-25-27/h4-13,16H,14-15H2,1-3H3,(H,24,29)(H,26,28). The van der Waals surface area contributed by atoms with Crippen LogP contribution in [0.1, 0.15) is 29.8 Å². The fraction of sp³-hybridized carbons (Fsp3) is 0.261. The van der Waals surface area contributed by atoms with Crippen LogP contribution in [-0.2, 0) is 17.9 Å². The number of ether oxygens (including phenoxy) is 2. The van der Waals surface area contributed by atoms with Gasteiger partial charge in [-0.3, -0.25) is 14.3 Å². The van der Waals surface area contributed by atoms with Crippen LogP contribution in [-0.4, -0.2) is 34.8 Å². The van der Waals surface area contributed by atoms with E-state index < -0.39 is 0 Å². The van der Waals surface area contributed by atoms with Crippen LogP contribution in [0.3, 0.4) is 0 Å². The molecule has 0 saturated carbocycles. The molecule has 0 atom stereocenters. The number of methoxy groups -OCH3 is 1. The first-order valence-corrected chi connectivity index (χ1v) is 9.93. The van der Waals surface area contributed by atoms with Gasteiger partial charge in [0.1, 0.15) is 6.54 Å². The molecular formula is C23H26N4O4. The minimum Gasteiger partial charge on any atom is -0.493 e. The van der Waals surface area contributed by atoms with Gasteiger partial charge in [0.05, 0.1) is 13.2 Å². The van der Waals surface area contributed by atoms with E-state index in [-0.39, 0.29) is 24.5 Å². The van der Waals surface area contributed by atoms with E-state index in [4.69, 9.17) is 9.47 Å². The van der Waals surface area contributed by atoms with Crippen LogP contribution in [0.5, 0.6) is 11.5 Å². The zero-order valence-corrected chi connectivity index (χ0v) is 17.8. The lowest BCUT2D eigenvalue weighted by Gasteiger charge is -2.14. The summed E-state index contributed by atoms with van der Waals surface area (Å²) in [6.45, 7) is 4.29. The average Bonchev–Trinajstić information content (AvgIpc) is 3.25. The Labute approximate surface area is 181 Å². The van der Waals surface area contributed by atoms with Gasteiger partial charge >= 0.3 is 0 Å². The number of carbonyl (C=O) groups excluding carboxylic acids is 2. The summed E-state index contributed by atoms with van der Waals surface area (Å²) in [6, 6.07) is 14.2. The summed E-state index contributed by atoms with van der Waals surface area (Å²) in [6.07, 6.45) is 3.35. The lowest BCUT2D eigenvalue weighted by atomic mass is 10.1. The summed E-state index contributed by atoms with van der Waals surface area (Å²) in [5.41, 5.74) is 1.98. The van der Waals surface area contributed by atoms with Crippen molar-refractivity contribution in [1.29, 1.82) is 0 Å². The maximum atomic E-state index is 12.6. The first-order chi connectivity index (χ1) is 14.9. The van der Waals surface area contributed by atoms with Crippen molar-refractivity contribution in [3.63, 3.8) is 0 Å². The van der Waals surface area contributed by atoms with Gasteiger partial charge in [-0.1, -0.05) is 12.1 Å². The number of rotatable bonds is 9. The molecule has 0 unspecified atom stereocenters. The summed E-state index contributed by atoms with van der Waals surface area (Å²) in [7, 11) is 1.54. The number of hydrogen-bond donors (Lipinski definition) is 2. The van der Waals surface area contributed by atoms with Crippen molar-refractivity contribution in [3.8, 4) is 11.5 Å². The Morgan fingerprint density at radius 3 is 2.65 bits per heavy atom. The van der Waals surface area contributed by atoms with Gasteiger partial charge < -0.3 is 20.1 Å². The Bertz CT molecular complexity index is 1030. The van der Waals surface area contributed by atoms with Gasteiger partial charge in [0.15, 0.2) is 11.5 Å². The molecule has 3 aromatic rings. The molecule has 1 heterocycles. The lowest BCUT2D eigenvalue weighted by molar-refractivity contribution is -0.116. The Morgan fingerprint density at radius 1 is 1.10 bits per heavy atom. The second-order valence-corrected chi connectivity index (χ2v) is 7.17. The Hall–Kier alpha value is -3.81. The Kier molecular flexibility index (Phi) is 7.26. The van der Waals surface area contributed by atoms with Crippen molar-refractivity contribution < 1.29 is 19.1 Å². The molecule has 0 aliphatic heterocycles. The van der Waals surface area contributed by atoms with Crippen LogP contribution in [0.2, 0.25) is 0 Å². The normalized spacial score (nSPS) is 10.6. The molecule has 2 aromatic carbocycles. The topological polar surface area (TPSA) is 94.5 Å². The van der Waals surface area contributed by atoms with Crippen LogP contribution in [0.4, 0.5) is 5.69 Å². The SMILES string of the molecule is COc1cc(C(=O)NCc2cccc(NC(=O)Cn3cccn3)c2)ccc1OC(C)C. The molecule has 0 spiro atoms. The lowest BCUT2D eigenvalue weighted by Crippen LogP contribution is -2.23. The fourth-order valence-corrected chi connectivity index (χ4v) is 2.95. The molecule has 1 aromatic heterocycles. The molecule has 31 heavy (non-hydrogen) atoms. The minimum atomic E-state index is -0.234. The maximum Gasteiger partial charge on any atom is 0.251 e. The molecule has 0 aliphatic rings. The van der Waals surface area contributed by atoms with Gasteiger partial charge in [0.2, 0.25) is 5.91 Å². The van der Waals surface area contributed by atoms with Crippen molar-refractivity contribution in [3.05, 3.63) is 72.1 Å². The van der Waals surface area contributed by atoms with Crippen LogP contribution < -0.4 is 20.1 Å². The predicted octanol–water partition coefficient (Wildman–Crippen LogP) is 3.25. The molecule has 0 bridgehead atoms. The number of anilines is 1. The Morgan fingerprint density at radius 2 is 1.94 bits per heavy atom. The molecule has 0 aliphatic carbocycles. The predicted molar refractivity (Wildman–Crippen MR) is 117 cm³/mol. The molecule has 2 amide bonds. The van der Waals surface area contributed by atoms with E-state index >= 15 is 0 Å². The highest BCUT2D eigenvalue weighted by atomic mass is 16.5. The third kappa shape index (κ3) is 6.33. The van der Waals surface area contributed by atoms with Gasteiger partial charge in [-0.2, -0.15) is 5.10 Å². The van der Waals surface area contributed by atoms with E-state index in [2.05, 4.69) is 15.7 Å². The van der Waals surface area contributed by atoms with E-state index in [1.54, 1.807) is 47.4 Å². The molecule has 162 valence electrons. The highest BCUT2D eigenvalue weighted by Crippen LogP contribution is 2.29. The first-order valence-electron chi connectivity index (χ1n) is 9.93. The molecule has 2 N–H and O–H groups in total.